The summed E-state index contributed by atoms with van der Waals surface area (Å²) in [7, 11) is 1.59. The van der Waals surface area contributed by atoms with Crippen LogP contribution in [0.15, 0.2) is 18.2 Å². The second kappa shape index (κ2) is 8.52. The van der Waals surface area contributed by atoms with Crippen LogP contribution < -0.4 is 15.2 Å². The lowest BCUT2D eigenvalue weighted by Crippen LogP contribution is -2.34. The summed E-state index contributed by atoms with van der Waals surface area (Å²) in [6, 6.07) is 5.76. The van der Waals surface area contributed by atoms with E-state index in [1.165, 1.54) is 0 Å². The van der Waals surface area contributed by atoms with Crippen molar-refractivity contribution < 1.29 is 14.3 Å². The van der Waals surface area contributed by atoms with Gasteiger partial charge in [-0.1, -0.05) is 6.07 Å². The molecule has 0 saturated carbocycles. The highest BCUT2D eigenvalue weighted by Crippen LogP contribution is 2.28. The molecule has 5 heteroatoms. The lowest BCUT2D eigenvalue weighted by atomic mass is 10.1. The van der Waals surface area contributed by atoms with Crippen LogP contribution in [0.2, 0.25) is 0 Å². The number of amides is 1. The molecule has 1 unspecified atom stereocenters. The average molecular weight is 294 g/mol. The Bertz CT molecular complexity index is 457. The third-order valence-corrected chi connectivity index (χ3v) is 3.25. The standard InChI is InChI=1S/C16H26N2O3/c1-5-18(6-2)16(19)11-21-14-8-7-13(9-12(3)17)10-15(14)20-4/h7-8,10,12H,5-6,9,11,17H2,1-4H3. The first kappa shape index (κ1) is 17.3. The van der Waals surface area contributed by atoms with E-state index in [0.29, 0.717) is 24.6 Å². The highest BCUT2D eigenvalue weighted by Gasteiger charge is 2.13. The molecule has 5 nitrogen and oxygen atoms in total. The first-order chi connectivity index (χ1) is 10.0. The van der Waals surface area contributed by atoms with Gasteiger partial charge in [0.05, 0.1) is 7.11 Å². The van der Waals surface area contributed by atoms with Gasteiger partial charge in [-0.3, -0.25) is 4.79 Å². The first-order valence-electron chi connectivity index (χ1n) is 7.34. The molecule has 2 N–H and O–H groups in total. The van der Waals surface area contributed by atoms with Crippen molar-refractivity contribution in [2.45, 2.75) is 33.2 Å². The Kier molecular flexibility index (Phi) is 7.02. The Morgan fingerprint density at radius 2 is 1.95 bits per heavy atom. The fourth-order valence-corrected chi connectivity index (χ4v) is 2.14. The van der Waals surface area contributed by atoms with Gasteiger partial charge in [-0.05, 0) is 44.9 Å². The second-order valence-corrected chi connectivity index (χ2v) is 5.02. The maximum absolute atomic E-state index is 11.9. The monoisotopic (exact) mass is 294 g/mol. The van der Waals surface area contributed by atoms with Gasteiger partial charge >= 0.3 is 0 Å². The van der Waals surface area contributed by atoms with Crippen molar-refractivity contribution >= 4 is 5.91 Å². The van der Waals surface area contributed by atoms with Crippen LogP contribution in [0, 0.1) is 0 Å². The molecule has 1 rings (SSSR count). The fourth-order valence-electron chi connectivity index (χ4n) is 2.14. The molecule has 0 radical (unpaired) electrons. The van der Waals surface area contributed by atoms with Gasteiger partial charge in [0.1, 0.15) is 0 Å². The molecule has 0 aliphatic heterocycles. The Balaban J connectivity index is 2.72. The third-order valence-electron chi connectivity index (χ3n) is 3.25. The number of nitrogens with two attached hydrogens (primary N) is 1. The average Bonchev–Trinajstić information content (AvgIpc) is 2.46. The molecule has 1 atom stereocenters. The van der Waals surface area contributed by atoms with Crippen molar-refractivity contribution in [1.29, 1.82) is 0 Å². The number of rotatable bonds is 8. The van der Waals surface area contributed by atoms with Gasteiger partial charge in [-0.2, -0.15) is 0 Å². The van der Waals surface area contributed by atoms with E-state index in [1.54, 1.807) is 12.0 Å². The quantitative estimate of drug-likeness (QED) is 0.794. The van der Waals surface area contributed by atoms with Crippen LogP contribution in [0.1, 0.15) is 26.3 Å². The van der Waals surface area contributed by atoms with Gasteiger partial charge < -0.3 is 20.1 Å². The van der Waals surface area contributed by atoms with Crippen molar-refractivity contribution in [3.63, 3.8) is 0 Å². The molecule has 1 aromatic rings. The van der Waals surface area contributed by atoms with E-state index in [-0.39, 0.29) is 18.6 Å². The molecule has 1 amide bonds. The molecule has 0 heterocycles. The molecule has 0 aliphatic rings. The van der Waals surface area contributed by atoms with Crippen LogP contribution in [-0.2, 0) is 11.2 Å². The maximum Gasteiger partial charge on any atom is 0.260 e. The summed E-state index contributed by atoms with van der Waals surface area (Å²) in [6.07, 6.45) is 0.773. The van der Waals surface area contributed by atoms with Crippen LogP contribution in [0.3, 0.4) is 0 Å². The van der Waals surface area contributed by atoms with E-state index in [0.717, 1.165) is 12.0 Å². The third kappa shape index (κ3) is 5.27. The Labute approximate surface area is 127 Å². The minimum atomic E-state index is -0.0262. The topological polar surface area (TPSA) is 64.8 Å². The first-order valence-corrected chi connectivity index (χ1v) is 7.34. The molecular formula is C16H26N2O3. The smallest absolute Gasteiger partial charge is 0.260 e. The lowest BCUT2D eigenvalue weighted by molar-refractivity contribution is -0.132. The number of likely N-dealkylation sites (N-methyl/N-ethyl adjacent to an activating group) is 1. The fraction of sp³-hybridized carbons (Fsp3) is 0.562. The highest BCUT2D eigenvalue weighted by molar-refractivity contribution is 5.77. The zero-order valence-electron chi connectivity index (χ0n) is 13.4. The summed E-state index contributed by atoms with van der Waals surface area (Å²) in [5.74, 6) is 1.17. The van der Waals surface area contributed by atoms with E-state index in [9.17, 15) is 4.79 Å². The molecule has 0 aromatic heterocycles. The number of carbonyl (C=O) groups is 1. The number of hydrogen-bond acceptors (Lipinski definition) is 4. The molecule has 0 saturated heterocycles. The molecule has 0 aliphatic carbocycles. The predicted octanol–water partition coefficient (Wildman–Crippen LogP) is 1.83. The van der Waals surface area contributed by atoms with Crippen molar-refractivity contribution in [2.24, 2.45) is 5.73 Å². The molecule has 0 fully saturated rings. The number of carbonyl (C=O) groups excluding carboxylic acids is 1. The Hall–Kier alpha value is -1.75. The highest BCUT2D eigenvalue weighted by atomic mass is 16.5. The van der Waals surface area contributed by atoms with E-state index in [1.807, 2.05) is 39.0 Å². The summed E-state index contributed by atoms with van der Waals surface area (Å²) >= 11 is 0. The number of methoxy groups -OCH3 is 1. The zero-order valence-corrected chi connectivity index (χ0v) is 13.4. The number of hydrogen-bond donors (Lipinski definition) is 1. The van der Waals surface area contributed by atoms with Gasteiger partial charge in [0.2, 0.25) is 0 Å². The molecule has 0 bridgehead atoms. The van der Waals surface area contributed by atoms with Gasteiger partial charge in [0.25, 0.3) is 5.91 Å². The van der Waals surface area contributed by atoms with Gasteiger partial charge in [0.15, 0.2) is 18.1 Å². The predicted molar refractivity (Wildman–Crippen MR) is 83.8 cm³/mol. The normalized spacial score (nSPS) is 11.9. The Morgan fingerprint density at radius 1 is 1.29 bits per heavy atom. The summed E-state index contributed by atoms with van der Waals surface area (Å²) in [5.41, 5.74) is 6.88. The van der Waals surface area contributed by atoms with Crippen LogP contribution in [0.4, 0.5) is 0 Å². The van der Waals surface area contributed by atoms with E-state index >= 15 is 0 Å². The van der Waals surface area contributed by atoms with Crippen molar-refractivity contribution in [3.8, 4) is 11.5 Å². The van der Waals surface area contributed by atoms with E-state index < -0.39 is 0 Å². The van der Waals surface area contributed by atoms with Gasteiger partial charge in [0, 0.05) is 19.1 Å². The van der Waals surface area contributed by atoms with Crippen LogP contribution in [0.5, 0.6) is 11.5 Å². The number of ether oxygens (including phenoxy) is 2. The van der Waals surface area contributed by atoms with Crippen LogP contribution in [-0.4, -0.2) is 43.7 Å². The largest absolute Gasteiger partial charge is 0.493 e. The molecular weight excluding hydrogens is 268 g/mol. The van der Waals surface area contributed by atoms with Crippen molar-refractivity contribution in [1.82, 2.24) is 4.90 Å². The molecule has 118 valence electrons. The minimum absolute atomic E-state index is 0.0185. The molecule has 0 spiro atoms. The molecule has 21 heavy (non-hydrogen) atoms. The second-order valence-electron chi connectivity index (χ2n) is 5.02. The van der Waals surface area contributed by atoms with E-state index in [4.69, 9.17) is 15.2 Å². The van der Waals surface area contributed by atoms with E-state index in [2.05, 4.69) is 0 Å². The lowest BCUT2D eigenvalue weighted by Gasteiger charge is -2.19. The summed E-state index contributed by atoms with van der Waals surface area (Å²) in [6.45, 7) is 7.24. The van der Waals surface area contributed by atoms with Crippen molar-refractivity contribution in [2.75, 3.05) is 26.8 Å². The maximum atomic E-state index is 11.9. The van der Waals surface area contributed by atoms with Crippen LogP contribution >= 0.6 is 0 Å². The van der Waals surface area contributed by atoms with Crippen LogP contribution in [0.25, 0.3) is 0 Å². The van der Waals surface area contributed by atoms with Gasteiger partial charge in [-0.25, -0.2) is 0 Å². The molecule has 1 aromatic carbocycles. The summed E-state index contributed by atoms with van der Waals surface area (Å²) in [5, 5.41) is 0. The zero-order chi connectivity index (χ0) is 15.8. The minimum Gasteiger partial charge on any atom is -0.493 e. The Morgan fingerprint density at radius 3 is 2.48 bits per heavy atom. The summed E-state index contributed by atoms with van der Waals surface area (Å²) in [4.78, 5) is 13.7. The van der Waals surface area contributed by atoms with Crippen molar-refractivity contribution in [3.05, 3.63) is 23.8 Å². The SMILES string of the molecule is CCN(CC)C(=O)COc1ccc(CC(C)N)cc1OC. The van der Waals surface area contributed by atoms with Gasteiger partial charge in [-0.15, -0.1) is 0 Å². The number of nitrogens with zero attached hydrogens (tertiary/aromatic N) is 1. The summed E-state index contributed by atoms with van der Waals surface area (Å²) < 4.78 is 10.9. The number of benzene rings is 1.